The van der Waals surface area contributed by atoms with E-state index in [-0.39, 0.29) is 18.4 Å². The first-order valence-electron chi connectivity index (χ1n) is 6.38. The molecule has 0 saturated carbocycles. The van der Waals surface area contributed by atoms with E-state index < -0.39 is 5.60 Å². The molecule has 0 amide bonds. The summed E-state index contributed by atoms with van der Waals surface area (Å²) in [4.78, 5) is 25.9. The lowest BCUT2D eigenvalue weighted by Gasteiger charge is -2.19. The molecule has 0 unspecified atom stereocenters. The summed E-state index contributed by atoms with van der Waals surface area (Å²) in [5.74, 6) is -0.634. The van der Waals surface area contributed by atoms with Gasteiger partial charge in [-0.2, -0.15) is 0 Å². The van der Waals surface area contributed by atoms with Gasteiger partial charge in [0.05, 0.1) is 13.0 Å². The number of carbonyl (C=O) groups excluding carboxylic acids is 2. The predicted molar refractivity (Wildman–Crippen MR) is 70.9 cm³/mol. The SMILES string of the molecule is CCOC(=O)c1ccc(CCC(=O)OC(C)(C)C)[nH]1. The van der Waals surface area contributed by atoms with E-state index in [1.807, 2.05) is 20.8 Å². The predicted octanol–water partition coefficient (Wildman–Crippen LogP) is 2.47. The Labute approximate surface area is 113 Å². The Morgan fingerprint density at radius 2 is 1.95 bits per heavy atom. The van der Waals surface area contributed by atoms with Gasteiger partial charge in [-0.05, 0) is 46.2 Å². The van der Waals surface area contributed by atoms with Crippen molar-refractivity contribution in [1.82, 2.24) is 4.98 Å². The number of esters is 2. The first kappa shape index (κ1) is 15.3. The summed E-state index contributed by atoms with van der Waals surface area (Å²) in [6.07, 6.45) is 0.786. The number of rotatable bonds is 5. The van der Waals surface area contributed by atoms with Gasteiger partial charge in [-0.3, -0.25) is 4.79 Å². The molecule has 0 aliphatic carbocycles. The zero-order valence-corrected chi connectivity index (χ0v) is 11.9. The fourth-order valence-electron chi connectivity index (χ4n) is 1.54. The summed E-state index contributed by atoms with van der Waals surface area (Å²) in [6.45, 7) is 7.59. The smallest absolute Gasteiger partial charge is 0.354 e. The maximum absolute atomic E-state index is 11.5. The van der Waals surface area contributed by atoms with Crippen LogP contribution in [-0.4, -0.2) is 29.1 Å². The van der Waals surface area contributed by atoms with Gasteiger partial charge < -0.3 is 14.5 Å². The van der Waals surface area contributed by atoms with Crippen LogP contribution in [0.5, 0.6) is 0 Å². The van der Waals surface area contributed by atoms with Gasteiger partial charge in [0, 0.05) is 5.69 Å². The highest BCUT2D eigenvalue weighted by Gasteiger charge is 2.16. The van der Waals surface area contributed by atoms with Crippen LogP contribution < -0.4 is 0 Å². The van der Waals surface area contributed by atoms with Crippen molar-refractivity contribution in [2.24, 2.45) is 0 Å². The number of aryl methyl sites for hydroxylation is 1. The molecule has 0 bridgehead atoms. The highest BCUT2D eigenvalue weighted by Crippen LogP contribution is 2.11. The lowest BCUT2D eigenvalue weighted by Crippen LogP contribution is -2.24. The van der Waals surface area contributed by atoms with Crippen LogP contribution in [0, 0.1) is 0 Å². The lowest BCUT2D eigenvalue weighted by molar-refractivity contribution is -0.154. The van der Waals surface area contributed by atoms with Crippen LogP contribution in [0.2, 0.25) is 0 Å². The summed E-state index contributed by atoms with van der Waals surface area (Å²) < 4.78 is 10.1. The third-order valence-electron chi connectivity index (χ3n) is 2.26. The Morgan fingerprint density at radius 1 is 1.26 bits per heavy atom. The Bertz CT molecular complexity index is 443. The minimum Gasteiger partial charge on any atom is -0.461 e. The summed E-state index contributed by atoms with van der Waals surface area (Å²) in [5.41, 5.74) is 0.748. The molecule has 1 heterocycles. The maximum Gasteiger partial charge on any atom is 0.354 e. The number of aromatic nitrogens is 1. The van der Waals surface area contributed by atoms with Gasteiger partial charge >= 0.3 is 11.9 Å². The molecule has 5 nitrogen and oxygen atoms in total. The summed E-state index contributed by atoms with van der Waals surface area (Å²) in [7, 11) is 0. The van der Waals surface area contributed by atoms with Gasteiger partial charge in [-0.15, -0.1) is 0 Å². The molecule has 0 saturated heterocycles. The van der Waals surface area contributed by atoms with E-state index in [2.05, 4.69) is 4.98 Å². The number of carbonyl (C=O) groups is 2. The summed E-state index contributed by atoms with van der Waals surface area (Å²) in [5, 5.41) is 0. The minimum absolute atomic E-state index is 0.250. The molecule has 1 aromatic heterocycles. The zero-order valence-electron chi connectivity index (χ0n) is 11.9. The number of H-pyrrole nitrogens is 1. The average Bonchev–Trinajstić information content (AvgIpc) is 2.73. The Balaban J connectivity index is 2.46. The van der Waals surface area contributed by atoms with E-state index in [9.17, 15) is 9.59 Å². The van der Waals surface area contributed by atoms with Crippen LogP contribution >= 0.6 is 0 Å². The molecule has 0 aromatic carbocycles. The van der Waals surface area contributed by atoms with Crippen LogP contribution in [0.15, 0.2) is 12.1 Å². The fourth-order valence-corrected chi connectivity index (χ4v) is 1.54. The van der Waals surface area contributed by atoms with Crippen molar-refractivity contribution in [2.45, 2.75) is 46.1 Å². The molecule has 19 heavy (non-hydrogen) atoms. The van der Waals surface area contributed by atoms with Crippen molar-refractivity contribution in [2.75, 3.05) is 6.61 Å². The highest BCUT2D eigenvalue weighted by atomic mass is 16.6. The second-order valence-corrected chi connectivity index (χ2v) is 5.20. The Hall–Kier alpha value is -1.78. The van der Waals surface area contributed by atoms with Gasteiger partial charge in [-0.25, -0.2) is 4.79 Å². The molecule has 5 heteroatoms. The Kier molecular flexibility index (Phi) is 5.15. The van der Waals surface area contributed by atoms with Crippen LogP contribution in [0.1, 0.15) is 50.3 Å². The van der Waals surface area contributed by atoms with Gasteiger partial charge in [0.25, 0.3) is 0 Å². The third-order valence-corrected chi connectivity index (χ3v) is 2.26. The summed E-state index contributed by atoms with van der Waals surface area (Å²) in [6, 6.07) is 3.43. The lowest BCUT2D eigenvalue weighted by atomic mass is 10.2. The summed E-state index contributed by atoms with van der Waals surface area (Å²) >= 11 is 0. The quantitative estimate of drug-likeness (QED) is 0.832. The molecule has 0 atom stereocenters. The highest BCUT2D eigenvalue weighted by molar-refractivity contribution is 5.87. The van der Waals surface area contributed by atoms with Gasteiger partial charge in [0.1, 0.15) is 11.3 Å². The van der Waals surface area contributed by atoms with E-state index in [0.29, 0.717) is 18.7 Å². The van der Waals surface area contributed by atoms with Crippen LogP contribution in [0.25, 0.3) is 0 Å². The van der Waals surface area contributed by atoms with E-state index in [0.717, 1.165) is 5.69 Å². The van der Waals surface area contributed by atoms with E-state index >= 15 is 0 Å². The van der Waals surface area contributed by atoms with Gasteiger partial charge in [-0.1, -0.05) is 0 Å². The molecular formula is C14H21NO4. The molecule has 1 N–H and O–H groups in total. The second kappa shape index (κ2) is 6.41. The molecular weight excluding hydrogens is 246 g/mol. The third kappa shape index (κ3) is 5.59. The molecule has 1 rings (SSSR count). The molecule has 106 valence electrons. The topological polar surface area (TPSA) is 68.4 Å². The van der Waals surface area contributed by atoms with Crippen molar-refractivity contribution >= 4 is 11.9 Å². The van der Waals surface area contributed by atoms with Crippen molar-refractivity contribution < 1.29 is 19.1 Å². The number of aromatic amines is 1. The molecule has 0 aliphatic rings. The van der Waals surface area contributed by atoms with E-state index in [1.165, 1.54) is 0 Å². The number of nitrogens with one attached hydrogen (secondary N) is 1. The fraction of sp³-hybridized carbons (Fsp3) is 0.571. The number of hydrogen-bond donors (Lipinski definition) is 1. The van der Waals surface area contributed by atoms with Crippen molar-refractivity contribution in [3.8, 4) is 0 Å². The zero-order chi connectivity index (χ0) is 14.5. The average molecular weight is 267 g/mol. The monoisotopic (exact) mass is 267 g/mol. The first-order chi connectivity index (χ1) is 8.81. The molecule has 0 fully saturated rings. The largest absolute Gasteiger partial charge is 0.461 e. The number of hydrogen-bond acceptors (Lipinski definition) is 4. The van der Waals surface area contributed by atoms with Crippen molar-refractivity contribution in [3.05, 3.63) is 23.5 Å². The van der Waals surface area contributed by atoms with Crippen LogP contribution in [0.3, 0.4) is 0 Å². The van der Waals surface area contributed by atoms with Crippen LogP contribution in [0.4, 0.5) is 0 Å². The normalized spacial score (nSPS) is 11.2. The Morgan fingerprint density at radius 3 is 2.53 bits per heavy atom. The molecule has 0 aliphatic heterocycles. The number of ether oxygens (including phenoxy) is 2. The maximum atomic E-state index is 11.5. The van der Waals surface area contributed by atoms with E-state index in [1.54, 1.807) is 19.1 Å². The second-order valence-electron chi connectivity index (χ2n) is 5.20. The van der Waals surface area contributed by atoms with Crippen LogP contribution in [-0.2, 0) is 20.7 Å². The van der Waals surface area contributed by atoms with Gasteiger partial charge in [0.15, 0.2) is 0 Å². The molecule has 0 radical (unpaired) electrons. The molecule has 1 aromatic rings. The van der Waals surface area contributed by atoms with E-state index in [4.69, 9.17) is 9.47 Å². The molecule has 0 spiro atoms. The minimum atomic E-state index is -0.469. The van der Waals surface area contributed by atoms with Crippen molar-refractivity contribution in [1.29, 1.82) is 0 Å². The first-order valence-corrected chi connectivity index (χ1v) is 6.38. The van der Waals surface area contributed by atoms with Crippen molar-refractivity contribution in [3.63, 3.8) is 0 Å². The standard InChI is InChI=1S/C14H21NO4/c1-5-18-13(17)11-8-6-10(15-11)7-9-12(16)19-14(2,3)4/h6,8,15H,5,7,9H2,1-4H3. The van der Waals surface area contributed by atoms with Gasteiger partial charge in [0.2, 0.25) is 0 Å².